The fraction of sp³-hybridized carbons (Fsp3) is 0.385. The molecule has 20 heavy (non-hydrogen) atoms. The van der Waals surface area contributed by atoms with Crippen molar-refractivity contribution in [2.75, 3.05) is 0 Å². The summed E-state index contributed by atoms with van der Waals surface area (Å²) >= 11 is 1.58. The summed E-state index contributed by atoms with van der Waals surface area (Å²) in [5, 5.41) is 14.4. The predicted octanol–water partition coefficient (Wildman–Crippen LogP) is 1.01. The van der Waals surface area contributed by atoms with Crippen LogP contribution in [0.5, 0.6) is 0 Å². The Balaban J connectivity index is 1.76. The number of H-pyrrole nitrogens is 2. The van der Waals surface area contributed by atoms with Crippen LogP contribution < -0.4 is 11.0 Å². The normalized spacial score (nSPS) is 23.1. The summed E-state index contributed by atoms with van der Waals surface area (Å²) in [4.78, 5) is 29.1. The van der Waals surface area contributed by atoms with Crippen LogP contribution in [0.15, 0.2) is 28.5 Å². The van der Waals surface area contributed by atoms with Gasteiger partial charge in [0, 0.05) is 11.1 Å². The van der Waals surface area contributed by atoms with E-state index in [2.05, 4.69) is 15.3 Å². The van der Waals surface area contributed by atoms with Gasteiger partial charge in [-0.15, -0.1) is 11.3 Å². The molecular weight excluding hydrogens is 278 g/mol. The van der Waals surface area contributed by atoms with Crippen molar-refractivity contribution in [2.45, 2.75) is 25.0 Å². The SMILES string of the molecule is O=C(NC(c1cccs1)C1CC(O)C1)c1c[nH]c(=O)[nH]1. The van der Waals surface area contributed by atoms with E-state index in [1.54, 1.807) is 11.3 Å². The Bertz CT molecular complexity index is 640. The third-order valence-corrected chi connectivity index (χ3v) is 4.55. The first-order chi connectivity index (χ1) is 9.63. The molecule has 3 rings (SSSR count). The van der Waals surface area contributed by atoms with Gasteiger partial charge in [0.25, 0.3) is 5.91 Å². The molecule has 2 aromatic rings. The lowest BCUT2D eigenvalue weighted by molar-refractivity contribution is 0.0240. The summed E-state index contributed by atoms with van der Waals surface area (Å²) in [5.41, 5.74) is -0.182. The van der Waals surface area contributed by atoms with Crippen LogP contribution in [-0.4, -0.2) is 27.1 Å². The fourth-order valence-electron chi connectivity index (χ4n) is 2.47. The first kappa shape index (κ1) is 13.1. The van der Waals surface area contributed by atoms with E-state index in [-0.39, 0.29) is 29.7 Å². The van der Waals surface area contributed by atoms with E-state index in [0.717, 1.165) is 4.88 Å². The summed E-state index contributed by atoms with van der Waals surface area (Å²) in [6.45, 7) is 0. The second-order valence-corrected chi connectivity index (χ2v) is 5.99. The zero-order valence-electron chi connectivity index (χ0n) is 10.6. The van der Waals surface area contributed by atoms with Gasteiger partial charge in [-0.1, -0.05) is 6.07 Å². The number of nitrogens with one attached hydrogen (secondary N) is 3. The topological polar surface area (TPSA) is 98.0 Å². The van der Waals surface area contributed by atoms with E-state index in [1.807, 2.05) is 17.5 Å². The molecule has 0 radical (unpaired) electrons. The van der Waals surface area contributed by atoms with Crippen LogP contribution >= 0.6 is 11.3 Å². The van der Waals surface area contributed by atoms with Crippen LogP contribution in [0.25, 0.3) is 0 Å². The molecule has 0 spiro atoms. The van der Waals surface area contributed by atoms with Crippen LogP contribution in [0, 0.1) is 5.92 Å². The maximum atomic E-state index is 12.1. The van der Waals surface area contributed by atoms with Crippen molar-refractivity contribution in [3.63, 3.8) is 0 Å². The quantitative estimate of drug-likeness (QED) is 0.677. The van der Waals surface area contributed by atoms with Crippen LogP contribution in [0.4, 0.5) is 0 Å². The Morgan fingerprint density at radius 2 is 2.30 bits per heavy atom. The molecule has 1 fully saturated rings. The van der Waals surface area contributed by atoms with Crippen molar-refractivity contribution in [2.24, 2.45) is 5.92 Å². The first-order valence-corrected chi connectivity index (χ1v) is 7.31. The highest BCUT2D eigenvalue weighted by molar-refractivity contribution is 7.10. The van der Waals surface area contributed by atoms with Gasteiger partial charge in [0.2, 0.25) is 0 Å². The number of amides is 1. The van der Waals surface area contributed by atoms with Gasteiger partial charge in [0.15, 0.2) is 0 Å². The lowest BCUT2D eigenvalue weighted by Crippen LogP contribution is -2.41. The summed E-state index contributed by atoms with van der Waals surface area (Å²) in [6, 6.07) is 3.79. The Hall–Kier alpha value is -1.86. The maximum Gasteiger partial charge on any atom is 0.323 e. The number of carbonyl (C=O) groups is 1. The fourth-order valence-corrected chi connectivity index (χ4v) is 3.33. The molecule has 0 saturated heterocycles. The number of aromatic nitrogens is 2. The predicted molar refractivity (Wildman–Crippen MR) is 74.7 cm³/mol. The third-order valence-electron chi connectivity index (χ3n) is 3.60. The highest BCUT2D eigenvalue weighted by atomic mass is 32.1. The largest absolute Gasteiger partial charge is 0.393 e. The van der Waals surface area contributed by atoms with Crippen molar-refractivity contribution < 1.29 is 9.90 Å². The highest BCUT2D eigenvalue weighted by Gasteiger charge is 2.36. The van der Waals surface area contributed by atoms with Crippen LogP contribution in [-0.2, 0) is 0 Å². The Labute approximate surface area is 118 Å². The smallest absolute Gasteiger partial charge is 0.323 e. The van der Waals surface area contributed by atoms with Crippen molar-refractivity contribution in [1.29, 1.82) is 0 Å². The highest BCUT2D eigenvalue weighted by Crippen LogP contribution is 2.39. The summed E-state index contributed by atoms with van der Waals surface area (Å²) in [7, 11) is 0. The molecule has 6 nitrogen and oxygen atoms in total. The molecule has 0 aromatic carbocycles. The summed E-state index contributed by atoms with van der Waals surface area (Å²) in [5.74, 6) is -0.0820. The molecule has 7 heteroatoms. The van der Waals surface area contributed by atoms with Crippen LogP contribution in [0.2, 0.25) is 0 Å². The molecule has 0 aliphatic heterocycles. The van der Waals surface area contributed by atoms with Crippen molar-refractivity contribution in [1.82, 2.24) is 15.3 Å². The Morgan fingerprint density at radius 1 is 1.50 bits per heavy atom. The first-order valence-electron chi connectivity index (χ1n) is 6.43. The van der Waals surface area contributed by atoms with E-state index in [9.17, 15) is 14.7 Å². The van der Waals surface area contributed by atoms with E-state index in [1.165, 1.54) is 6.20 Å². The molecule has 1 atom stereocenters. The van der Waals surface area contributed by atoms with E-state index >= 15 is 0 Å². The zero-order valence-corrected chi connectivity index (χ0v) is 11.4. The van der Waals surface area contributed by atoms with Crippen molar-refractivity contribution in [3.05, 3.63) is 44.8 Å². The number of aliphatic hydroxyl groups excluding tert-OH is 1. The number of rotatable bonds is 4. The average Bonchev–Trinajstić information content (AvgIpc) is 3.03. The number of hydrogen-bond donors (Lipinski definition) is 4. The van der Waals surface area contributed by atoms with Gasteiger partial charge < -0.3 is 20.4 Å². The molecule has 106 valence electrons. The van der Waals surface area contributed by atoms with Gasteiger partial charge >= 0.3 is 5.69 Å². The van der Waals surface area contributed by atoms with Gasteiger partial charge in [-0.05, 0) is 30.2 Å². The molecular formula is C13H15N3O3S. The second-order valence-electron chi connectivity index (χ2n) is 5.01. The van der Waals surface area contributed by atoms with Gasteiger partial charge in [0.05, 0.1) is 12.1 Å². The second kappa shape index (κ2) is 5.26. The third kappa shape index (κ3) is 2.54. The maximum absolute atomic E-state index is 12.1. The standard InChI is InChI=1S/C13H15N3O3S/c17-8-4-7(5-8)11(10-2-1-3-20-10)16-12(18)9-6-14-13(19)15-9/h1-3,6-8,11,17H,4-5H2,(H,16,18)(H2,14,15,19). The van der Waals surface area contributed by atoms with Gasteiger partial charge in [0.1, 0.15) is 5.69 Å². The van der Waals surface area contributed by atoms with E-state index in [4.69, 9.17) is 0 Å². The van der Waals surface area contributed by atoms with Crippen LogP contribution in [0.1, 0.15) is 34.2 Å². The lowest BCUT2D eigenvalue weighted by atomic mass is 9.76. The molecule has 4 N–H and O–H groups in total. The van der Waals surface area contributed by atoms with Crippen LogP contribution in [0.3, 0.4) is 0 Å². The molecule has 1 saturated carbocycles. The monoisotopic (exact) mass is 293 g/mol. The summed E-state index contributed by atoms with van der Waals surface area (Å²) < 4.78 is 0. The van der Waals surface area contributed by atoms with Crippen molar-refractivity contribution in [3.8, 4) is 0 Å². The molecule has 1 unspecified atom stereocenters. The number of aromatic amines is 2. The lowest BCUT2D eigenvalue weighted by Gasteiger charge is -2.37. The van der Waals surface area contributed by atoms with Gasteiger partial charge in [-0.3, -0.25) is 4.79 Å². The Kier molecular flexibility index (Phi) is 3.45. The number of thiophene rings is 1. The number of hydrogen-bond acceptors (Lipinski definition) is 4. The van der Waals surface area contributed by atoms with E-state index in [0.29, 0.717) is 12.8 Å². The molecule has 1 aliphatic carbocycles. The van der Waals surface area contributed by atoms with E-state index < -0.39 is 5.69 Å². The minimum absolute atomic E-state index is 0.121. The molecule has 1 aliphatic rings. The molecule has 1 amide bonds. The summed E-state index contributed by atoms with van der Waals surface area (Å²) in [6.07, 6.45) is 2.46. The molecule has 2 aromatic heterocycles. The zero-order chi connectivity index (χ0) is 14.1. The minimum Gasteiger partial charge on any atom is -0.393 e. The minimum atomic E-state index is -0.401. The van der Waals surface area contributed by atoms with Gasteiger partial charge in [-0.25, -0.2) is 4.79 Å². The van der Waals surface area contributed by atoms with Gasteiger partial charge in [-0.2, -0.15) is 0 Å². The number of aliphatic hydroxyl groups is 1. The Morgan fingerprint density at radius 3 is 2.85 bits per heavy atom. The number of imidazole rings is 1. The van der Waals surface area contributed by atoms with Crippen molar-refractivity contribution >= 4 is 17.2 Å². The number of carbonyl (C=O) groups excluding carboxylic acids is 1. The molecule has 2 heterocycles. The average molecular weight is 293 g/mol. The molecule has 0 bridgehead atoms.